The molecule has 6 heteroatoms. The van der Waals surface area contributed by atoms with Crippen LogP contribution >= 0.6 is 0 Å². The Labute approximate surface area is 223 Å². The molecule has 1 heterocycles. The van der Waals surface area contributed by atoms with Gasteiger partial charge in [0.05, 0.1) is 36.2 Å². The lowest BCUT2D eigenvalue weighted by molar-refractivity contribution is -0.110. The third-order valence-corrected chi connectivity index (χ3v) is 6.44. The maximum Gasteiger partial charge on any atom is 0.258 e. The number of carbonyl (C=O) groups excluding carboxylic acids is 1. The maximum atomic E-state index is 13.4. The molecule has 192 valence electrons. The average Bonchev–Trinajstić information content (AvgIpc) is 3.27. The number of anilines is 2. The molecule has 4 aromatic rings. The minimum atomic E-state index is -0.221. The normalized spacial score (nSPS) is 14.3. The molecular weight excluding hydrogens is 474 g/mol. The first kappa shape index (κ1) is 25.1. The lowest BCUT2D eigenvalue weighted by Crippen LogP contribution is -2.12. The number of hydrogen-bond acceptors (Lipinski definition) is 5. The first-order valence-corrected chi connectivity index (χ1v) is 12.8. The van der Waals surface area contributed by atoms with Crippen LogP contribution in [-0.2, 0) is 4.79 Å². The molecular formula is C32H31N3O3. The number of hydrogen-bond donors (Lipinski definition) is 3. The van der Waals surface area contributed by atoms with Crippen molar-refractivity contribution in [2.75, 3.05) is 23.8 Å². The molecule has 4 aromatic carbocycles. The lowest BCUT2D eigenvalue weighted by Gasteiger charge is -2.17. The van der Waals surface area contributed by atoms with Crippen LogP contribution in [0.15, 0.2) is 97.1 Å². The molecule has 6 nitrogen and oxygen atoms in total. The lowest BCUT2D eigenvalue weighted by atomic mass is 9.98. The number of carbonyl (C=O) groups is 1. The standard InChI is InChI=1S/C32H31N3O3/c1-3-37-27-19-25-26(20-28(27)38-4-2)35-32(36)29(25)31(23-13-9-6-10-14-23)34-24-17-15-22(16-18-24)30(33)21-11-7-5-8-12-21/h5-20,30,34H,3-4,33H2,1-2H3,(H,35,36)/b31-29-. The van der Waals surface area contributed by atoms with Gasteiger partial charge in [-0.3, -0.25) is 4.79 Å². The molecule has 0 saturated heterocycles. The fourth-order valence-corrected chi connectivity index (χ4v) is 4.62. The van der Waals surface area contributed by atoms with Gasteiger partial charge in [0.2, 0.25) is 0 Å². The topological polar surface area (TPSA) is 85.6 Å². The maximum absolute atomic E-state index is 13.4. The highest BCUT2D eigenvalue weighted by atomic mass is 16.5. The Kier molecular flexibility index (Phi) is 7.43. The molecule has 0 radical (unpaired) electrons. The van der Waals surface area contributed by atoms with E-state index in [2.05, 4.69) is 10.6 Å². The number of rotatable bonds is 9. The van der Waals surface area contributed by atoms with Gasteiger partial charge in [0.15, 0.2) is 11.5 Å². The fourth-order valence-electron chi connectivity index (χ4n) is 4.62. The zero-order valence-corrected chi connectivity index (χ0v) is 21.5. The third kappa shape index (κ3) is 5.12. The van der Waals surface area contributed by atoms with E-state index in [4.69, 9.17) is 15.2 Å². The van der Waals surface area contributed by atoms with E-state index >= 15 is 0 Å². The first-order chi connectivity index (χ1) is 18.6. The van der Waals surface area contributed by atoms with Gasteiger partial charge in [-0.25, -0.2) is 0 Å². The van der Waals surface area contributed by atoms with Crippen LogP contribution < -0.4 is 25.8 Å². The Morgan fingerprint density at radius 3 is 2.03 bits per heavy atom. The number of nitrogens with two attached hydrogens (primary N) is 1. The van der Waals surface area contributed by atoms with Crippen molar-refractivity contribution in [1.29, 1.82) is 0 Å². The van der Waals surface area contributed by atoms with Crippen LogP contribution in [0.25, 0.3) is 11.3 Å². The Morgan fingerprint density at radius 1 is 0.816 bits per heavy atom. The van der Waals surface area contributed by atoms with Gasteiger partial charge in [-0.1, -0.05) is 72.8 Å². The molecule has 1 unspecified atom stereocenters. The van der Waals surface area contributed by atoms with Crippen LogP contribution in [-0.4, -0.2) is 19.1 Å². The van der Waals surface area contributed by atoms with Crippen molar-refractivity contribution < 1.29 is 14.3 Å². The minimum absolute atomic E-state index is 0.190. The smallest absolute Gasteiger partial charge is 0.258 e. The van der Waals surface area contributed by atoms with E-state index in [1.807, 2.05) is 111 Å². The Morgan fingerprint density at radius 2 is 1.39 bits per heavy atom. The second-order valence-electron chi connectivity index (χ2n) is 8.92. The number of benzene rings is 4. The van der Waals surface area contributed by atoms with Gasteiger partial charge in [0.1, 0.15) is 0 Å². The van der Waals surface area contributed by atoms with Gasteiger partial charge in [0, 0.05) is 17.3 Å². The summed E-state index contributed by atoms with van der Waals surface area (Å²) >= 11 is 0. The van der Waals surface area contributed by atoms with E-state index in [1.165, 1.54) is 0 Å². The molecule has 1 amide bonds. The highest BCUT2D eigenvalue weighted by Crippen LogP contribution is 2.43. The van der Waals surface area contributed by atoms with E-state index in [-0.39, 0.29) is 11.9 Å². The van der Waals surface area contributed by atoms with Gasteiger partial charge < -0.3 is 25.8 Å². The molecule has 0 aromatic heterocycles. The van der Waals surface area contributed by atoms with Crippen LogP contribution in [0, 0.1) is 0 Å². The molecule has 0 saturated carbocycles. The summed E-state index contributed by atoms with van der Waals surface area (Å²) in [5, 5.41) is 6.52. The summed E-state index contributed by atoms with van der Waals surface area (Å²) in [6, 6.07) is 31.3. The van der Waals surface area contributed by atoms with E-state index < -0.39 is 0 Å². The summed E-state index contributed by atoms with van der Waals surface area (Å²) in [4.78, 5) is 13.4. The molecule has 38 heavy (non-hydrogen) atoms. The summed E-state index contributed by atoms with van der Waals surface area (Å²) in [5.41, 5.74) is 13.0. The molecule has 0 fully saturated rings. The largest absolute Gasteiger partial charge is 0.490 e. The molecule has 5 rings (SSSR count). The summed E-state index contributed by atoms with van der Waals surface area (Å²) in [5.74, 6) is 1.02. The summed E-state index contributed by atoms with van der Waals surface area (Å²) in [6.45, 7) is 4.83. The van der Waals surface area contributed by atoms with Crippen molar-refractivity contribution in [3.63, 3.8) is 0 Å². The highest BCUT2D eigenvalue weighted by molar-refractivity contribution is 6.37. The van der Waals surface area contributed by atoms with Gasteiger partial charge in [-0.15, -0.1) is 0 Å². The summed E-state index contributed by atoms with van der Waals surface area (Å²) < 4.78 is 11.6. The summed E-state index contributed by atoms with van der Waals surface area (Å²) in [7, 11) is 0. The number of amides is 1. The van der Waals surface area contributed by atoms with Crippen molar-refractivity contribution >= 4 is 28.6 Å². The Bertz CT molecular complexity index is 1450. The molecule has 1 aliphatic heterocycles. The van der Waals surface area contributed by atoms with Gasteiger partial charge in [-0.05, 0) is 48.7 Å². The highest BCUT2D eigenvalue weighted by Gasteiger charge is 2.30. The van der Waals surface area contributed by atoms with E-state index in [9.17, 15) is 4.79 Å². The molecule has 1 aliphatic rings. The van der Waals surface area contributed by atoms with Crippen molar-refractivity contribution in [3.8, 4) is 11.5 Å². The van der Waals surface area contributed by atoms with Gasteiger partial charge in [-0.2, -0.15) is 0 Å². The average molecular weight is 506 g/mol. The SMILES string of the molecule is CCOc1cc2c(cc1OCC)/C(=C(/Nc1ccc(C(N)c3ccccc3)cc1)c1ccccc1)C(=O)N2. The Hall–Kier alpha value is -4.55. The molecule has 4 N–H and O–H groups in total. The van der Waals surface area contributed by atoms with Gasteiger partial charge in [0.25, 0.3) is 5.91 Å². The first-order valence-electron chi connectivity index (χ1n) is 12.8. The van der Waals surface area contributed by atoms with E-state index in [0.717, 1.165) is 27.9 Å². The predicted octanol–water partition coefficient (Wildman–Crippen LogP) is 6.46. The number of ether oxygens (including phenoxy) is 2. The van der Waals surface area contributed by atoms with Crippen LogP contribution in [0.1, 0.15) is 42.1 Å². The van der Waals surface area contributed by atoms with E-state index in [0.29, 0.717) is 41.7 Å². The third-order valence-electron chi connectivity index (χ3n) is 6.44. The fraction of sp³-hybridized carbons (Fsp3) is 0.156. The second-order valence-corrected chi connectivity index (χ2v) is 8.92. The molecule has 0 aliphatic carbocycles. The van der Waals surface area contributed by atoms with E-state index in [1.54, 1.807) is 0 Å². The number of nitrogens with one attached hydrogen (secondary N) is 2. The quantitative estimate of drug-likeness (QED) is 0.227. The van der Waals surface area contributed by atoms with Crippen molar-refractivity contribution in [3.05, 3.63) is 119 Å². The van der Waals surface area contributed by atoms with Crippen molar-refractivity contribution in [2.24, 2.45) is 5.73 Å². The second kappa shape index (κ2) is 11.2. The van der Waals surface area contributed by atoms with Gasteiger partial charge >= 0.3 is 0 Å². The predicted molar refractivity (Wildman–Crippen MR) is 153 cm³/mol. The van der Waals surface area contributed by atoms with Crippen LogP contribution in [0.4, 0.5) is 11.4 Å². The minimum Gasteiger partial charge on any atom is -0.490 e. The zero-order chi connectivity index (χ0) is 26.5. The zero-order valence-electron chi connectivity index (χ0n) is 21.5. The van der Waals surface area contributed by atoms with Crippen molar-refractivity contribution in [1.82, 2.24) is 0 Å². The molecule has 0 spiro atoms. The summed E-state index contributed by atoms with van der Waals surface area (Å²) in [6.07, 6.45) is 0. The monoisotopic (exact) mass is 505 g/mol. The number of fused-ring (bicyclic) bond motifs is 1. The Balaban J connectivity index is 1.56. The van der Waals surface area contributed by atoms with Crippen molar-refractivity contribution in [2.45, 2.75) is 19.9 Å². The van der Waals surface area contributed by atoms with Crippen LogP contribution in [0.5, 0.6) is 11.5 Å². The van der Waals surface area contributed by atoms with Crippen LogP contribution in [0.3, 0.4) is 0 Å². The molecule has 1 atom stereocenters. The van der Waals surface area contributed by atoms with Crippen LogP contribution in [0.2, 0.25) is 0 Å². The molecule has 0 bridgehead atoms.